The van der Waals surface area contributed by atoms with Crippen LogP contribution in [0.25, 0.3) is 0 Å². The molecule has 0 radical (unpaired) electrons. The highest BCUT2D eigenvalue weighted by Gasteiger charge is 2.27. The van der Waals surface area contributed by atoms with Crippen molar-refractivity contribution in [3.05, 3.63) is 0 Å². The molecule has 2 heteroatoms. The number of nitrogens with zero attached hydrogens (tertiary/aromatic N) is 1. The third-order valence-corrected chi connectivity index (χ3v) is 2.49. The molecule has 0 N–H and O–H groups in total. The third-order valence-electron chi connectivity index (χ3n) is 2.49. The standard InChI is InChI=1S/C11H21NO/c1-6-10(2,3)7-11(4,5)8-12-9-13/h6-8H2,1-5H3. The highest BCUT2D eigenvalue weighted by atomic mass is 16.1. The van der Waals surface area contributed by atoms with Gasteiger partial charge in [0.25, 0.3) is 0 Å². The Labute approximate surface area is 81.4 Å². The quantitative estimate of drug-likeness (QED) is 0.475. The fourth-order valence-electron chi connectivity index (χ4n) is 1.72. The Morgan fingerprint density at radius 1 is 1.15 bits per heavy atom. The molecule has 0 unspecified atom stereocenters. The van der Waals surface area contributed by atoms with Crippen LogP contribution in [-0.2, 0) is 4.79 Å². The van der Waals surface area contributed by atoms with Gasteiger partial charge in [-0.2, -0.15) is 0 Å². The van der Waals surface area contributed by atoms with Crippen LogP contribution in [0.1, 0.15) is 47.5 Å². The van der Waals surface area contributed by atoms with Gasteiger partial charge >= 0.3 is 0 Å². The average Bonchev–Trinajstić information content (AvgIpc) is 1.99. The maximum atomic E-state index is 10.00. The molecule has 0 rings (SSSR count). The van der Waals surface area contributed by atoms with Gasteiger partial charge in [-0.05, 0) is 17.3 Å². The molecule has 0 aromatic carbocycles. The summed E-state index contributed by atoms with van der Waals surface area (Å²) in [6, 6.07) is 0. The molecule has 0 aromatic heterocycles. The zero-order chi connectivity index (χ0) is 10.5. The van der Waals surface area contributed by atoms with E-state index in [1.54, 1.807) is 6.08 Å². The van der Waals surface area contributed by atoms with Crippen molar-refractivity contribution in [2.75, 3.05) is 6.54 Å². The van der Waals surface area contributed by atoms with E-state index in [4.69, 9.17) is 0 Å². The van der Waals surface area contributed by atoms with Gasteiger partial charge in [0.1, 0.15) is 0 Å². The van der Waals surface area contributed by atoms with Gasteiger partial charge in [-0.1, -0.05) is 41.0 Å². The summed E-state index contributed by atoms with van der Waals surface area (Å²) in [7, 11) is 0. The zero-order valence-electron chi connectivity index (χ0n) is 9.48. The fourth-order valence-corrected chi connectivity index (χ4v) is 1.72. The summed E-state index contributed by atoms with van der Waals surface area (Å²) >= 11 is 0. The van der Waals surface area contributed by atoms with Crippen molar-refractivity contribution in [1.29, 1.82) is 0 Å². The lowest BCUT2D eigenvalue weighted by molar-refractivity contribution is 0.195. The Kier molecular flexibility index (Phi) is 4.35. The van der Waals surface area contributed by atoms with Crippen LogP contribution in [0.5, 0.6) is 0 Å². The number of isocyanates is 1. The molecule has 0 aliphatic heterocycles. The second kappa shape index (κ2) is 4.57. The Morgan fingerprint density at radius 2 is 1.69 bits per heavy atom. The highest BCUT2D eigenvalue weighted by Crippen LogP contribution is 2.35. The Balaban J connectivity index is 4.23. The molecular weight excluding hydrogens is 162 g/mol. The van der Waals surface area contributed by atoms with Crippen LogP contribution >= 0.6 is 0 Å². The summed E-state index contributed by atoms with van der Waals surface area (Å²) in [5.41, 5.74) is 0.443. The first-order valence-corrected chi connectivity index (χ1v) is 4.87. The monoisotopic (exact) mass is 183 g/mol. The minimum Gasteiger partial charge on any atom is -0.211 e. The maximum Gasteiger partial charge on any atom is 0.234 e. The number of rotatable bonds is 5. The van der Waals surface area contributed by atoms with Gasteiger partial charge < -0.3 is 0 Å². The molecule has 0 aliphatic rings. The molecular formula is C11H21NO. The van der Waals surface area contributed by atoms with Crippen molar-refractivity contribution in [2.45, 2.75) is 47.5 Å². The molecule has 0 saturated carbocycles. The van der Waals surface area contributed by atoms with Gasteiger partial charge in [-0.25, -0.2) is 9.79 Å². The zero-order valence-corrected chi connectivity index (χ0v) is 9.48. The van der Waals surface area contributed by atoms with Gasteiger partial charge in [-0.3, -0.25) is 0 Å². The minimum atomic E-state index is 0.108. The van der Waals surface area contributed by atoms with Gasteiger partial charge in [-0.15, -0.1) is 0 Å². The Morgan fingerprint density at radius 3 is 2.08 bits per heavy atom. The minimum absolute atomic E-state index is 0.108. The molecule has 0 aliphatic carbocycles. The molecule has 0 aromatic rings. The second-order valence-corrected chi connectivity index (χ2v) is 5.27. The molecule has 13 heavy (non-hydrogen) atoms. The number of carbonyl (C=O) groups excluding carboxylic acids is 1. The van der Waals surface area contributed by atoms with Gasteiger partial charge in [0.05, 0.1) is 6.54 Å². The second-order valence-electron chi connectivity index (χ2n) is 5.27. The Bertz CT molecular complexity index is 200. The van der Waals surface area contributed by atoms with E-state index in [0.29, 0.717) is 12.0 Å². The van der Waals surface area contributed by atoms with Crippen molar-refractivity contribution >= 4 is 6.08 Å². The molecule has 0 amide bonds. The van der Waals surface area contributed by atoms with E-state index >= 15 is 0 Å². The number of aliphatic imine (C=N–C) groups is 1. The van der Waals surface area contributed by atoms with Crippen molar-refractivity contribution < 1.29 is 4.79 Å². The van der Waals surface area contributed by atoms with E-state index in [2.05, 4.69) is 39.6 Å². The first-order valence-electron chi connectivity index (χ1n) is 4.87. The summed E-state index contributed by atoms with van der Waals surface area (Å²) in [5, 5.41) is 0. The topological polar surface area (TPSA) is 29.4 Å². The Hall–Kier alpha value is -0.620. The maximum absolute atomic E-state index is 10.00. The average molecular weight is 183 g/mol. The largest absolute Gasteiger partial charge is 0.234 e. The fraction of sp³-hybridized carbons (Fsp3) is 0.909. The van der Waals surface area contributed by atoms with Crippen LogP contribution in [0.4, 0.5) is 0 Å². The van der Waals surface area contributed by atoms with Crippen LogP contribution < -0.4 is 0 Å². The van der Waals surface area contributed by atoms with Crippen molar-refractivity contribution in [1.82, 2.24) is 0 Å². The lowest BCUT2D eigenvalue weighted by atomic mass is 9.74. The molecule has 0 fully saturated rings. The molecule has 0 bridgehead atoms. The van der Waals surface area contributed by atoms with Gasteiger partial charge in [0.2, 0.25) is 6.08 Å². The third kappa shape index (κ3) is 5.59. The van der Waals surface area contributed by atoms with Crippen molar-refractivity contribution in [2.24, 2.45) is 15.8 Å². The molecule has 76 valence electrons. The predicted octanol–water partition coefficient (Wildman–Crippen LogP) is 3.17. The van der Waals surface area contributed by atoms with E-state index in [-0.39, 0.29) is 5.41 Å². The summed E-state index contributed by atoms with van der Waals surface area (Å²) < 4.78 is 0. The van der Waals surface area contributed by atoms with E-state index < -0.39 is 0 Å². The molecule has 0 saturated heterocycles. The summed E-state index contributed by atoms with van der Waals surface area (Å²) in [4.78, 5) is 13.7. The SMILES string of the molecule is CCC(C)(C)CC(C)(C)CN=C=O. The predicted molar refractivity (Wildman–Crippen MR) is 55.5 cm³/mol. The van der Waals surface area contributed by atoms with E-state index in [0.717, 1.165) is 12.8 Å². The van der Waals surface area contributed by atoms with Crippen LogP contribution in [0.3, 0.4) is 0 Å². The van der Waals surface area contributed by atoms with Crippen LogP contribution in [-0.4, -0.2) is 12.6 Å². The first-order chi connectivity index (χ1) is 5.83. The highest BCUT2D eigenvalue weighted by molar-refractivity contribution is 5.32. The number of hydrogen-bond acceptors (Lipinski definition) is 2. The van der Waals surface area contributed by atoms with Gasteiger partial charge in [0, 0.05) is 0 Å². The summed E-state index contributed by atoms with van der Waals surface area (Å²) in [6.45, 7) is 11.6. The van der Waals surface area contributed by atoms with Crippen LogP contribution in [0.2, 0.25) is 0 Å². The van der Waals surface area contributed by atoms with Crippen LogP contribution in [0, 0.1) is 10.8 Å². The summed E-state index contributed by atoms with van der Waals surface area (Å²) in [5.74, 6) is 0. The van der Waals surface area contributed by atoms with E-state index in [9.17, 15) is 4.79 Å². The smallest absolute Gasteiger partial charge is 0.211 e. The van der Waals surface area contributed by atoms with E-state index in [1.165, 1.54) is 0 Å². The molecule has 0 heterocycles. The normalized spacial score (nSPS) is 12.4. The lowest BCUT2D eigenvalue weighted by Gasteiger charge is -2.32. The van der Waals surface area contributed by atoms with Crippen LogP contribution in [0.15, 0.2) is 4.99 Å². The molecule has 0 atom stereocenters. The number of hydrogen-bond donors (Lipinski definition) is 0. The molecule has 0 spiro atoms. The van der Waals surface area contributed by atoms with E-state index in [1.807, 2.05) is 0 Å². The van der Waals surface area contributed by atoms with Crippen molar-refractivity contribution in [3.8, 4) is 0 Å². The van der Waals surface area contributed by atoms with Gasteiger partial charge in [0.15, 0.2) is 0 Å². The first kappa shape index (κ1) is 12.4. The molecule has 2 nitrogen and oxygen atoms in total. The summed E-state index contributed by atoms with van der Waals surface area (Å²) in [6.07, 6.45) is 3.84. The lowest BCUT2D eigenvalue weighted by Crippen LogP contribution is -2.25. The van der Waals surface area contributed by atoms with Crippen molar-refractivity contribution in [3.63, 3.8) is 0 Å².